The fraction of sp³-hybridized carbons (Fsp3) is 0. The van der Waals surface area contributed by atoms with Crippen molar-refractivity contribution in [2.45, 2.75) is 0 Å². The second-order valence-electron chi connectivity index (χ2n) is 3.76. The van der Waals surface area contributed by atoms with Crippen LogP contribution in [0.25, 0.3) is 22.0 Å². The van der Waals surface area contributed by atoms with Crippen molar-refractivity contribution in [1.82, 2.24) is 9.97 Å². The fourth-order valence-electron chi connectivity index (χ4n) is 1.80. The van der Waals surface area contributed by atoms with Gasteiger partial charge in [-0.2, -0.15) is 5.26 Å². The number of aromatic amines is 1. The molecule has 2 aromatic heterocycles. The van der Waals surface area contributed by atoms with Crippen molar-refractivity contribution in [3.63, 3.8) is 0 Å². The molecule has 0 atom stereocenters. The summed E-state index contributed by atoms with van der Waals surface area (Å²) in [5.74, 6) is 0.750. The SMILES string of the molecule is N#Cc1nc(-c2cccs2)[nH]c1-c1ccccc1. The number of rotatable bonds is 2. The first-order valence-electron chi connectivity index (χ1n) is 5.48. The van der Waals surface area contributed by atoms with Gasteiger partial charge in [0.05, 0.1) is 10.6 Å². The topological polar surface area (TPSA) is 52.5 Å². The lowest BCUT2D eigenvalue weighted by Gasteiger charge is -1.96. The van der Waals surface area contributed by atoms with E-state index >= 15 is 0 Å². The van der Waals surface area contributed by atoms with Crippen molar-refractivity contribution in [3.05, 3.63) is 53.5 Å². The van der Waals surface area contributed by atoms with Gasteiger partial charge in [0.2, 0.25) is 0 Å². The highest BCUT2D eigenvalue weighted by atomic mass is 32.1. The first-order valence-corrected chi connectivity index (χ1v) is 6.36. The zero-order chi connectivity index (χ0) is 12.4. The van der Waals surface area contributed by atoms with Gasteiger partial charge in [-0.15, -0.1) is 11.3 Å². The second-order valence-corrected chi connectivity index (χ2v) is 4.71. The van der Waals surface area contributed by atoms with Crippen LogP contribution in [0.4, 0.5) is 0 Å². The average Bonchev–Trinajstić information content (AvgIpc) is 3.08. The van der Waals surface area contributed by atoms with Crippen LogP contribution in [0.15, 0.2) is 47.8 Å². The second kappa shape index (κ2) is 4.47. The Morgan fingerprint density at radius 1 is 1.11 bits per heavy atom. The molecule has 18 heavy (non-hydrogen) atoms. The predicted octanol–water partition coefficient (Wildman–Crippen LogP) is 3.68. The van der Waals surface area contributed by atoms with E-state index in [1.807, 2.05) is 47.8 Å². The highest BCUT2D eigenvalue weighted by Crippen LogP contribution is 2.27. The third-order valence-electron chi connectivity index (χ3n) is 2.63. The monoisotopic (exact) mass is 251 g/mol. The number of hydrogen-bond acceptors (Lipinski definition) is 3. The number of nitriles is 1. The van der Waals surface area contributed by atoms with Crippen LogP contribution in [0.1, 0.15) is 5.69 Å². The molecular weight excluding hydrogens is 242 g/mol. The minimum absolute atomic E-state index is 0.435. The quantitative estimate of drug-likeness (QED) is 0.755. The van der Waals surface area contributed by atoms with Gasteiger partial charge in [-0.05, 0) is 11.4 Å². The fourth-order valence-corrected chi connectivity index (χ4v) is 2.47. The Kier molecular flexibility index (Phi) is 2.67. The molecule has 86 valence electrons. The van der Waals surface area contributed by atoms with Crippen LogP contribution in [0, 0.1) is 11.3 Å². The molecule has 0 aliphatic rings. The van der Waals surface area contributed by atoms with Gasteiger partial charge in [-0.25, -0.2) is 4.98 Å². The van der Waals surface area contributed by atoms with Crippen LogP contribution < -0.4 is 0 Å². The first kappa shape index (κ1) is 10.8. The summed E-state index contributed by atoms with van der Waals surface area (Å²) in [4.78, 5) is 8.61. The lowest BCUT2D eigenvalue weighted by atomic mass is 10.1. The van der Waals surface area contributed by atoms with Gasteiger partial charge in [-0.3, -0.25) is 0 Å². The number of thiophene rings is 1. The molecule has 0 saturated carbocycles. The molecule has 1 N–H and O–H groups in total. The van der Waals surface area contributed by atoms with Crippen molar-refractivity contribution >= 4 is 11.3 Å². The number of H-pyrrole nitrogens is 1. The van der Waals surface area contributed by atoms with Crippen molar-refractivity contribution < 1.29 is 0 Å². The van der Waals surface area contributed by atoms with Crippen molar-refractivity contribution in [1.29, 1.82) is 5.26 Å². The molecule has 3 aromatic rings. The maximum Gasteiger partial charge on any atom is 0.167 e. The summed E-state index contributed by atoms with van der Waals surface area (Å²) in [6.45, 7) is 0. The summed E-state index contributed by atoms with van der Waals surface area (Å²) in [6, 6.07) is 15.9. The molecule has 0 radical (unpaired) electrons. The largest absolute Gasteiger partial charge is 0.336 e. The molecule has 3 rings (SSSR count). The van der Waals surface area contributed by atoms with E-state index in [-0.39, 0.29) is 0 Å². The molecule has 2 heterocycles. The van der Waals surface area contributed by atoms with Gasteiger partial charge in [-0.1, -0.05) is 36.4 Å². The van der Waals surface area contributed by atoms with Crippen molar-refractivity contribution in [3.8, 4) is 28.0 Å². The zero-order valence-corrected chi connectivity index (χ0v) is 10.2. The molecule has 0 aliphatic heterocycles. The minimum Gasteiger partial charge on any atom is -0.336 e. The van der Waals surface area contributed by atoms with Gasteiger partial charge in [0.15, 0.2) is 5.69 Å². The minimum atomic E-state index is 0.435. The van der Waals surface area contributed by atoms with E-state index in [0.717, 1.165) is 22.0 Å². The Bertz CT molecular complexity index is 690. The number of nitrogens with zero attached hydrogens (tertiary/aromatic N) is 2. The molecule has 0 saturated heterocycles. The molecule has 1 aromatic carbocycles. The highest BCUT2D eigenvalue weighted by Gasteiger charge is 2.13. The van der Waals surface area contributed by atoms with Crippen LogP contribution in [-0.4, -0.2) is 9.97 Å². The normalized spacial score (nSPS) is 10.2. The highest BCUT2D eigenvalue weighted by molar-refractivity contribution is 7.13. The first-order chi connectivity index (χ1) is 8.88. The summed E-state index contributed by atoms with van der Waals surface area (Å²) < 4.78 is 0. The van der Waals surface area contributed by atoms with Gasteiger partial charge < -0.3 is 4.98 Å². The third kappa shape index (κ3) is 1.81. The zero-order valence-electron chi connectivity index (χ0n) is 9.42. The number of nitrogens with one attached hydrogen (secondary N) is 1. The van der Waals surface area contributed by atoms with Crippen LogP contribution in [-0.2, 0) is 0 Å². The average molecular weight is 251 g/mol. The summed E-state index contributed by atoms with van der Waals surface area (Å²) in [5.41, 5.74) is 2.19. The predicted molar refractivity (Wildman–Crippen MR) is 72.1 cm³/mol. The summed E-state index contributed by atoms with van der Waals surface area (Å²) >= 11 is 1.60. The van der Waals surface area contributed by atoms with E-state index in [2.05, 4.69) is 16.0 Å². The van der Waals surface area contributed by atoms with E-state index in [1.54, 1.807) is 11.3 Å². The molecule has 0 unspecified atom stereocenters. The van der Waals surface area contributed by atoms with E-state index in [4.69, 9.17) is 5.26 Å². The lowest BCUT2D eigenvalue weighted by molar-refractivity contribution is 1.31. The lowest BCUT2D eigenvalue weighted by Crippen LogP contribution is -1.81. The van der Waals surface area contributed by atoms with E-state index in [1.165, 1.54) is 0 Å². The third-order valence-corrected chi connectivity index (χ3v) is 3.50. The molecule has 0 bridgehead atoms. The van der Waals surface area contributed by atoms with Crippen LogP contribution in [0.2, 0.25) is 0 Å². The van der Waals surface area contributed by atoms with E-state index in [0.29, 0.717) is 5.69 Å². The maximum absolute atomic E-state index is 9.16. The van der Waals surface area contributed by atoms with Crippen molar-refractivity contribution in [2.24, 2.45) is 0 Å². The molecular formula is C14H9N3S. The maximum atomic E-state index is 9.16. The number of hydrogen-bond donors (Lipinski definition) is 1. The van der Waals surface area contributed by atoms with Crippen LogP contribution in [0.5, 0.6) is 0 Å². The Hall–Kier alpha value is -2.38. The van der Waals surface area contributed by atoms with E-state index in [9.17, 15) is 0 Å². The van der Waals surface area contributed by atoms with Crippen LogP contribution >= 0.6 is 11.3 Å². The molecule has 4 heteroatoms. The Morgan fingerprint density at radius 2 is 1.94 bits per heavy atom. The molecule has 0 aliphatic carbocycles. The Morgan fingerprint density at radius 3 is 2.61 bits per heavy atom. The van der Waals surface area contributed by atoms with Crippen molar-refractivity contribution in [2.75, 3.05) is 0 Å². The van der Waals surface area contributed by atoms with Gasteiger partial charge in [0.1, 0.15) is 11.9 Å². The number of aromatic nitrogens is 2. The van der Waals surface area contributed by atoms with Gasteiger partial charge in [0, 0.05) is 5.56 Å². The van der Waals surface area contributed by atoms with Gasteiger partial charge >= 0.3 is 0 Å². The number of benzene rings is 1. The molecule has 3 nitrogen and oxygen atoms in total. The van der Waals surface area contributed by atoms with Crippen LogP contribution in [0.3, 0.4) is 0 Å². The molecule has 0 spiro atoms. The molecule has 0 amide bonds. The summed E-state index contributed by atoms with van der Waals surface area (Å²) in [7, 11) is 0. The summed E-state index contributed by atoms with van der Waals surface area (Å²) in [5, 5.41) is 11.2. The summed E-state index contributed by atoms with van der Waals surface area (Å²) in [6.07, 6.45) is 0. The Balaban J connectivity index is 2.14. The number of imidazole rings is 1. The standard InChI is InChI=1S/C14H9N3S/c15-9-11-13(10-5-2-1-3-6-10)17-14(16-11)12-7-4-8-18-12/h1-8H,(H,16,17). The Labute approximate surface area is 108 Å². The molecule has 0 fully saturated rings. The smallest absolute Gasteiger partial charge is 0.167 e. The van der Waals surface area contributed by atoms with E-state index < -0.39 is 0 Å². The van der Waals surface area contributed by atoms with Gasteiger partial charge in [0.25, 0.3) is 0 Å².